The summed E-state index contributed by atoms with van der Waals surface area (Å²) in [5.41, 5.74) is 2.20. The monoisotopic (exact) mass is 466 g/mol. The first kappa shape index (κ1) is 24.6. The molecule has 4 rings (SSSR count). The molecule has 0 radical (unpaired) electrons. The molecule has 184 valence electrons. The number of carbonyl (C=O) groups excluding carboxylic acids is 1. The number of carbonyl (C=O) groups is 1. The van der Waals surface area contributed by atoms with Crippen molar-refractivity contribution in [1.82, 2.24) is 19.8 Å². The van der Waals surface area contributed by atoms with Crippen molar-refractivity contribution in [3.8, 4) is 0 Å². The van der Waals surface area contributed by atoms with Gasteiger partial charge >= 0.3 is 0 Å². The minimum atomic E-state index is -0.638. The Balaban J connectivity index is 1.43. The maximum atomic E-state index is 11.7. The van der Waals surface area contributed by atoms with Gasteiger partial charge in [0.1, 0.15) is 5.82 Å². The summed E-state index contributed by atoms with van der Waals surface area (Å²) in [6, 6.07) is 10.7. The number of aromatic nitrogens is 2. The van der Waals surface area contributed by atoms with Crippen molar-refractivity contribution >= 4 is 18.1 Å². The Morgan fingerprint density at radius 2 is 1.85 bits per heavy atom. The lowest BCUT2D eigenvalue weighted by atomic mass is 9.88. The average Bonchev–Trinajstić information content (AvgIpc) is 3.19. The Kier molecular flexibility index (Phi) is 7.50. The molecule has 2 aliphatic heterocycles. The molecule has 2 aromatic rings. The first-order chi connectivity index (χ1) is 16.3. The van der Waals surface area contributed by atoms with Gasteiger partial charge in [-0.25, -0.2) is 4.98 Å². The number of piperazine rings is 1. The summed E-state index contributed by atoms with van der Waals surface area (Å²) in [5, 5.41) is 3.42. The van der Waals surface area contributed by atoms with Crippen LogP contribution in [0.5, 0.6) is 0 Å². The van der Waals surface area contributed by atoms with Crippen LogP contribution in [0, 0.1) is 5.92 Å². The largest absolute Gasteiger partial charge is 0.349 e. The first-order valence-corrected chi connectivity index (χ1v) is 12.3. The number of likely N-dealkylation sites (N-methyl/N-ethyl adjacent to an activating group) is 1. The predicted octanol–water partition coefficient (Wildman–Crippen LogP) is 3.17. The van der Waals surface area contributed by atoms with Gasteiger partial charge < -0.3 is 19.9 Å². The van der Waals surface area contributed by atoms with Crippen molar-refractivity contribution in [2.24, 2.45) is 5.92 Å². The number of rotatable bonds is 8. The summed E-state index contributed by atoms with van der Waals surface area (Å²) in [6.07, 6.45) is 1.94. The van der Waals surface area contributed by atoms with E-state index in [1.165, 1.54) is 11.1 Å². The third kappa shape index (κ3) is 5.24. The minimum absolute atomic E-state index is 0.0427. The van der Waals surface area contributed by atoms with Gasteiger partial charge in [-0.15, -0.1) is 0 Å². The molecule has 2 fully saturated rings. The Morgan fingerprint density at radius 1 is 1.15 bits per heavy atom. The van der Waals surface area contributed by atoms with Gasteiger partial charge in [0.2, 0.25) is 5.95 Å². The Bertz CT molecular complexity index is 960. The van der Waals surface area contributed by atoms with Crippen molar-refractivity contribution < 1.29 is 9.53 Å². The fourth-order valence-electron chi connectivity index (χ4n) is 4.63. The number of anilines is 2. The Morgan fingerprint density at radius 3 is 2.50 bits per heavy atom. The number of nitrogens with one attached hydrogen (secondary N) is 1. The van der Waals surface area contributed by atoms with Crippen LogP contribution >= 0.6 is 0 Å². The van der Waals surface area contributed by atoms with Crippen LogP contribution < -0.4 is 10.2 Å². The third-order valence-electron chi connectivity index (χ3n) is 7.43. The normalized spacial score (nSPS) is 25.0. The lowest BCUT2D eigenvalue weighted by Gasteiger charge is -2.39. The Labute approximate surface area is 203 Å². The van der Waals surface area contributed by atoms with Crippen LogP contribution in [0.1, 0.15) is 44.9 Å². The topological polar surface area (TPSA) is 73.8 Å². The number of nitrogens with zero attached hydrogens (tertiary/aromatic N) is 5. The standard InChI is InChI=1S/C26H38N6O2/c1-19(2)26(4)18-34-24(17-33)32(26)23-10-11-27-25(29-23)28-20(3)22-8-6-21(7-9-22)16-31-14-12-30(5)13-15-31/h6-11,17,19-20,24H,12-16,18H2,1-5H3,(H,27,28,29)/t20-,24?,26?/m0/s1. The molecule has 2 saturated heterocycles. The molecule has 3 atom stereocenters. The van der Waals surface area contributed by atoms with Crippen LogP contribution in [0.25, 0.3) is 0 Å². The highest BCUT2D eigenvalue weighted by Crippen LogP contribution is 2.37. The minimum Gasteiger partial charge on any atom is -0.349 e. The molecule has 0 aliphatic carbocycles. The zero-order valence-electron chi connectivity index (χ0n) is 21.1. The maximum Gasteiger partial charge on any atom is 0.225 e. The van der Waals surface area contributed by atoms with Gasteiger partial charge in [-0.3, -0.25) is 9.69 Å². The van der Waals surface area contributed by atoms with Crippen LogP contribution in [0.15, 0.2) is 36.5 Å². The van der Waals surface area contributed by atoms with Crippen molar-refractivity contribution in [2.45, 2.75) is 52.0 Å². The fourth-order valence-corrected chi connectivity index (χ4v) is 4.63. The number of ether oxygens (including phenoxy) is 1. The number of aldehydes is 1. The molecule has 0 amide bonds. The summed E-state index contributed by atoms with van der Waals surface area (Å²) < 4.78 is 5.78. The molecule has 34 heavy (non-hydrogen) atoms. The number of hydrogen-bond acceptors (Lipinski definition) is 8. The van der Waals surface area contributed by atoms with Crippen LogP contribution in [0.2, 0.25) is 0 Å². The molecule has 3 heterocycles. The summed E-state index contributed by atoms with van der Waals surface area (Å²) >= 11 is 0. The molecule has 2 aliphatic rings. The summed E-state index contributed by atoms with van der Waals surface area (Å²) in [4.78, 5) is 27.7. The average molecular weight is 467 g/mol. The van der Waals surface area contributed by atoms with Gasteiger partial charge in [-0.05, 0) is 44.0 Å². The highest BCUT2D eigenvalue weighted by Gasteiger charge is 2.46. The molecular weight excluding hydrogens is 428 g/mol. The van der Waals surface area contributed by atoms with E-state index in [-0.39, 0.29) is 17.5 Å². The van der Waals surface area contributed by atoms with E-state index in [0.717, 1.165) is 39.0 Å². The van der Waals surface area contributed by atoms with E-state index in [2.05, 4.69) is 79.1 Å². The second kappa shape index (κ2) is 10.4. The lowest BCUT2D eigenvalue weighted by Crippen LogP contribution is -2.51. The lowest BCUT2D eigenvalue weighted by molar-refractivity contribution is -0.115. The molecule has 8 nitrogen and oxygen atoms in total. The van der Waals surface area contributed by atoms with E-state index >= 15 is 0 Å². The molecule has 1 N–H and O–H groups in total. The van der Waals surface area contributed by atoms with Crippen molar-refractivity contribution in [2.75, 3.05) is 50.1 Å². The molecule has 0 spiro atoms. The van der Waals surface area contributed by atoms with Crippen LogP contribution in [0.3, 0.4) is 0 Å². The smallest absolute Gasteiger partial charge is 0.225 e. The number of hydrogen-bond donors (Lipinski definition) is 1. The van der Waals surface area contributed by atoms with E-state index in [1.54, 1.807) is 6.20 Å². The van der Waals surface area contributed by atoms with Crippen molar-refractivity contribution in [3.05, 3.63) is 47.7 Å². The van der Waals surface area contributed by atoms with Crippen LogP contribution in [-0.2, 0) is 16.1 Å². The van der Waals surface area contributed by atoms with Gasteiger partial charge in [0, 0.05) is 38.9 Å². The van der Waals surface area contributed by atoms with E-state index in [4.69, 9.17) is 9.72 Å². The molecule has 0 bridgehead atoms. The first-order valence-electron chi connectivity index (χ1n) is 12.3. The molecule has 1 aromatic heterocycles. The van der Waals surface area contributed by atoms with E-state index in [1.807, 2.05) is 11.0 Å². The maximum absolute atomic E-state index is 11.7. The Hall–Kier alpha value is -2.55. The van der Waals surface area contributed by atoms with E-state index in [0.29, 0.717) is 18.4 Å². The van der Waals surface area contributed by atoms with Gasteiger partial charge in [-0.1, -0.05) is 38.1 Å². The molecule has 0 saturated carbocycles. The number of benzene rings is 1. The fraction of sp³-hybridized carbons (Fsp3) is 0.577. The van der Waals surface area contributed by atoms with Gasteiger partial charge in [-0.2, -0.15) is 4.98 Å². The second-order valence-electron chi connectivity index (χ2n) is 10.1. The summed E-state index contributed by atoms with van der Waals surface area (Å²) in [6.45, 7) is 14.5. The summed E-state index contributed by atoms with van der Waals surface area (Å²) in [5.74, 6) is 1.51. The molecule has 1 aromatic carbocycles. The van der Waals surface area contributed by atoms with Crippen molar-refractivity contribution in [1.29, 1.82) is 0 Å². The van der Waals surface area contributed by atoms with Gasteiger partial charge in [0.15, 0.2) is 12.5 Å². The van der Waals surface area contributed by atoms with Crippen LogP contribution in [-0.4, -0.2) is 77.7 Å². The highest BCUT2D eigenvalue weighted by atomic mass is 16.5. The highest BCUT2D eigenvalue weighted by molar-refractivity contribution is 5.65. The predicted molar refractivity (Wildman–Crippen MR) is 135 cm³/mol. The SMILES string of the molecule is CC(C)C1(C)COC(C=O)N1c1ccnc(N[C@@H](C)c2ccc(CN3CCN(C)CC3)cc2)n1. The zero-order chi connectivity index (χ0) is 24.3. The molecule has 2 unspecified atom stereocenters. The quantitative estimate of drug-likeness (QED) is 0.595. The van der Waals surface area contributed by atoms with Crippen molar-refractivity contribution in [3.63, 3.8) is 0 Å². The third-order valence-corrected chi connectivity index (χ3v) is 7.43. The zero-order valence-corrected chi connectivity index (χ0v) is 21.1. The van der Waals surface area contributed by atoms with E-state index < -0.39 is 6.23 Å². The molecule has 8 heteroatoms. The van der Waals surface area contributed by atoms with Gasteiger partial charge in [0.25, 0.3) is 0 Å². The van der Waals surface area contributed by atoms with E-state index in [9.17, 15) is 4.79 Å². The summed E-state index contributed by atoms with van der Waals surface area (Å²) in [7, 11) is 2.18. The molecular formula is C26H38N6O2. The second-order valence-corrected chi connectivity index (χ2v) is 10.1. The van der Waals surface area contributed by atoms with Crippen LogP contribution in [0.4, 0.5) is 11.8 Å². The van der Waals surface area contributed by atoms with Gasteiger partial charge in [0.05, 0.1) is 18.2 Å².